The van der Waals surface area contributed by atoms with Gasteiger partial charge in [-0.15, -0.1) is 0 Å². The van der Waals surface area contributed by atoms with E-state index in [1.807, 2.05) is 63.2 Å². The van der Waals surface area contributed by atoms with Crippen molar-refractivity contribution >= 4 is 17.5 Å². The number of nitrogens with zero attached hydrogens (tertiary/aromatic N) is 3. The third-order valence-electron chi connectivity index (χ3n) is 4.64. The average Bonchev–Trinajstić information content (AvgIpc) is 3.16. The Morgan fingerprint density at radius 2 is 1.72 bits per heavy atom. The van der Waals surface area contributed by atoms with Crippen LogP contribution in [-0.2, 0) is 6.42 Å². The average molecular weight is 391 g/mol. The predicted molar refractivity (Wildman–Crippen MR) is 113 cm³/mol. The van der Waals surface area contributed by atoms with Crippen LogP contribution in [0.25, 0.3) is 5.69 Å². The zero-order valence-electron chi connectivity index (χ0n) is 17.1. The molecule has 0 aliphatic heterocycles. The SMILES string of the molecule is CCc1c(C(=O)NNC(=O)c2cccc(N(C)C)c2)cnn1-c1ccc(C)cc1. The predicted octanol–water partition coefficient (Wildman–Crippen LogP) is 2.88. The van der Waals surface area contributed by atoms with E-state index in [1.165, 1.54) is 6.20 Å². The van der Waals surface area contributed by atoms with Crippen LogP contribution < -0.4 is 15.8 Å². The molecule has 3 aromatic rings. The minimum Gasteiger partial charge on any atom is -0.378 e. The highest BCUT2D eigenvalue weighted by atomic mass is 16.2. The zero-order valence-corrected chi connectivity index (χ0v) is 17.1. The Morgan fingerprint density at radius 3 is 2.38 bits per heavy atom. The van der Waals surface area contributed by atoms with Gasteiger partial charge in [0.25, 0.3) is 11.8 Å². The lowest BCUT2D eigenvalue weighted by Gasteiger charge is -2.14. The molecule has 1 aromatic heterocycles. The molecule has 2 aromatic carbocycles. The fraction of sp³-hybridized carbons (Fsp3) is 0.227. The third-order valence-corrected chi connectivity index (χ3v) is 4.64. The largest absolute Gasteiger partial charge is 0.378 e. The van der Waals surface area contributed by atoms with E-state index in [4.69, 9.17) is 0 Å². The quantitative estimate of drug-likeness (QED) is 0.656. The molecule has 0 radical (unpaired) electrons. The number of nitrogens with one attached hydrogen (secondary N) is 2. The van der Waals surface area contributed by atoms with Crippen molar-refractivity contribution < 1.29 is 9.59 Å². The monoisotopic (exact) mass is 391 g/mol. The van der Waals surface area contributed by atoms with Crippen molar-refractivity contribution in [3.63, 3.8) is 0 Å². The summed E-state index contributed by atoms with van der Waals surface area (Å²) in [5.41, 5.74) is 9.56. The molecule has 150 valence electrons. The summed E-state index contributed by atoms with van der Waals surface area (Å²) in [6, 6.07) is 15.1. The van der Waals surface area contributed by atoms with Crippen molar-refractivity contribution in [3.8, 4) is 5.69 Å². The van der Waals surface area contributed by atoms with Crippen LogP contribution in [0.4, 0.5) is 5.69 Å². The molecule has 0 aliphatic carbocycles. The van der Waals surface area contributed by atoms with Gasteiger partial charge < -0.3 is 4.90 Å². The summed E-state index contributed by atoms with van der Waals surface area (Å²) in [6.07, 6.45) is 2.14. The number of rotatable bonds is 5. The van der Waals surface area contributed by atoms with Crippen LogP contribution in [0.5, 0.6) is 0 Å². The molecule has 7 heteroatoms. The van der Waals surface area contributed by atoms with Crippen LogP contribution in [0.3, 0.4) is 0 Å². The van der Waals surface area contributed by atoms with Gasteiger partial charge in [0.1, 0.15) is 0 Å². The molecule has 0 spiro atoms. The van der Waals surface area contributed by atoms with Gasteiger partial charge >= 0.3 is 0 Å². The second kappa shape index (κ2) is 8.60. The van der Waals surface area contributed by atoms with E-state index in [0.29, 0.717) is 17.5 Å². The second-order valence-electron chi connectivity index (χ2n) is 6.96. The Balaban J connectivity index is 1.73. The van der Waals surface area contributed by atoms with E-state index in [0.717, 1.165) is 22.6 Å². The summed E-state index contributed by atoms with van der Waals surface area (Å²) in [7, 11) is 3.80. The number of anilines is 1. The smallest absolute Gasteiger partial charge is 0.273 e. The van der Waals surface area contributed by atoms with Gasteiger partial charge in [0.2, 0.25) is 0 Å². The summed E-state index contributed by atoms with van der Waals surface area (Å²) in [6.45, 7) is 3.98. The van der Waals surface area contributed by atoms with Crippen molar-refractivity contribution in [2.24, 2.45) is 0 Å². The minimum absolute atomic E-state index is 0.383. The number of benzene rings is 2. The van der Waals surface area contributed by atoms with Gasteiger partial charge in [-0.2, -0.15) is 5.10 Å². The van der Waals surface area contributed by atoms with Gasteiger partial charge in [-0.3, -0.25) is 20.4 Å². The summed E-state index contributed by atoms with van der Waals surface area (Å²) >= 11 is 0. The maximum absolute atomic E-state index is 12.6. The van der Waals surface area contributed by atoms with Crippen molar-refractivity contribution in [1.82, 2.24) is 20.6 Å². The first-order valence-corrected chi connectivity index (χ1v) is 9.42. The molecule has 0 aliphatic rings. The molecule has 0 saturated heterocycles. The van der Waals surface area contributed by atoms with Crippen LogP contribution >= 0.6 is 0 Å². The fourth-order valence-corrected chi connectivity index (χ4v) is 2.99. The first kappa shape index (κ1) is 20.1. The number of amides is 2. The Hall–Kier alpha value is -3.61. The van der Waals surface area contributed by atoms with Crippen molar-refractivity contribution in [1.29, 1.82) is 0 Å². The summed E-state index contributed by atoms with van der Waals surface area (Å²) in [5, 5.41) is 4.36. The number of hydrogen-bond acceptors (Lipinski definition) is 4. The summed E-state index contributed by atoms with van der Waals surface area (Å²) in [5.74, 6) is -0.789. The highest BCUT2D eigenvalue weighted by Crippen LogP contribution is 2.17. The Labute approximate surface area is 170 Å². The Morgan fingerprint density at radius 1 is 1.03 bits per heavy atom. The lowest BCUT2D eigenvalue weighted by atomic mass is 10.1. The van der Waals surface area contributed by atoms with E-state index in [9.17, 15) is 9.59 Å². The molecule has 1 heterocycles. The maximum atomic E-state index is 12.6. The highest BCUT2D eigenvalue weighted by Gasteiger charge is 2.18. The lowest BCUT2D eigenvalue weighted by molar-refractivity contribution is 0.0846. The van der Waals surface area contributed by atoms with Gasteiger partial charge in [-0.25, -0.2) is 4.68 Å². The van der Waals surface area contributed by atoms with Crippen LogP contribution in [0.2, 0.25) is 0 Å². The van der Waals surface area contributed by atoms with Gasteiger partial charge in [-0.1, -0.05) is 30.7 Å². The standard InChI is InChI=1S/C22H25N5O2/c1-5-20-19(14-23-27(20)17-11-9-15(2)10-12-17)22(29)25-24-21(28)16-7-6-8-18(13-16)26(3)4/h6-14H,5H2,1-4H3,(H,24,28)(H,25,29). The molecule has 29 heavy (non-hydrogen) atoms. The zero-order chi connectivity index (χ0) is 21.0. The molecule has 3 rings (SSSR count). The van der Waals surface area contributed by atoms with Crippen molar-refractivity contribution in [3.05, 3.63) is 77.1 Å². The maximum Gasteiger partial charge on any atom is 0.273 e. The molecule has 2 amide bonds. The number of carbonyl (C=O) groups is 2. The second-order valence-corrected chi connectivity index (χ2v) is 6.96. The molecule has 7 nitrogen and oxygen atoms in total. The molecule has 0 unspecified atom stereocenters. The van der Waals surface area contributed by atoms with Crippen molar-refractivity contribution in [2.75, 3.05) is 19.0 Å². The van der Waals surface area contributed by atoms with Crippen LogP contribution in [-0.4, -0.2) is 35.7 Å². The van der Waals surface area contributed by atoms with E-state index >= 15 is 0 Å². The number of hydrogen-bond donors (Lipinski definition) is 2. The van der Waals surface area contributed by atoms with E-state index in [1.54, 1.807) is 22.9 Å². The molecule has 0 fully saturated rings. The van der Waals surface area contributed by atoms with Crippen LogP contribution in [0, 0.1) is 6.92 Å². The van der Waals surface area contributed by atoms with Gasteiger partial charge in [0, 0.05) is 25.3 Å². The summed E-state index contributed by atoms with van der Waals surface area (Å²) < 4.78 is 1.75. The normalized spacial score (nSPS) is 10.5. The summed E-state index contributed by atoms with van der Waals surface area (Å²) in [4.78, 5) is 27.0. The highest BCUT2D eigenvalue weighted by molar-refractivity contribution is 6.00. The molecular formula is C22H25N5O2. The molecular weight excluding hydrogens is 366 g/mol. The van der Waals surface area contributed by atoms with E-state index < -0.39 is 5.91 Å². The van der Waals surface area contributed by atoms with Crippen molar-refractivity contribution in [2.45, 2.75) is 20.3 Å². The van der Waals surface area contributed by atoms with Gasteiger partial charge in [-0.05, 0) is 43.7 Å². The lowest BCUT2D eigenvalue weighted by Crippen LogP contribution is -2.41. The number of aromatic nitrogens is 2. The number of carbonyl (C=O) groups excluding carboxylic acids is 2. The molecule has 0 bridgehead atoms. The number of aryl methyl sites for hydroxylation is 1. The molecule has 0 saturated carbocycles. The Kier molecular flexibility index (Phi) is 5.97. The first-order chi connectivity index (χ1) is 13.9. The fourth-order valence-electron chi connectivity index (χ4n) is 2.99. The molecule has 2 N–H and O–H groups in total. The third kappa shape index (κ3) is 4.45. The van der Waals surface area contributed by atoms with Gasteiger partial charge in [0.15, 0.2) is 0 Å². The van der Waals surface area contributed by atoms with Gasteiger partial charge in [0.05, 0.1) is 23.1 Å². The van der Waals surface area contributed by atoms with E-state index in [-0.39, 0.29) is 5.91 Å². The minimum atomic E-state index is -0.405. The van der Waals surface area contributed by atoms with E-state index in [2.05, 4.69) is 16.0 Å². The Bertz CT molecular complexity index is 1020. The molecule has 0 atom stereocenters. The first-order valence-electron chi connectivity index (χ1n) is 9.42. The van der Waals surface area contributed by atoms with Crippen LogP contribution in [0.1, 0.15) is 38.9 Å². The number of hydrazine groups is 1. The van der Waals surface area contributed by atoms with Crippen LogP contribution in [0.15, 0.2) is 54.7 Å². The topological polar surface area (TPSA) is 79.3 Å².